The van der Waals surface area contributed by atoms with E-state index in [9.17, 15) is 19.2 Å². The van der Waals surface area contributed by atoms with Gasteiger partial charge in [0.05, 0.1) is 16.5 Å². The zero-order valence-electron chi connectivity index (χ0n) is 18.2. The van der Waals surface area contributed by atoms with E-state index in [1.807, 2.05) is 7.05 Å². The fourth-order valence-electron chi connectivity index (χ4n) is 4.57. The summed E-state index contributed by atoms with van der Waals surface area (Å²) in [4.78, 5) is 60.4. The van der Waals surface area contributed by atoms with Gasteiger partial charge in [0.25, 0.3) is 11.8 Å². The highest BCUT2D eigenvalue weighted by Gasteiger charge is 2.58. The number of ether oxygens (including phenoxy) is 1. The number of fused-ring (bicyclic) bond motifs is 2. The van der Waals surface area contributed by atoms with Gasteiger partial charge in [0.1, 0.15) is 5.60 Å². The Kier molecular flexibility index (Phi) is 5.04. The largest absolute Gasteiger partial charge is 0.444 e. The van der Waals surface area contributed by atoms with Crippen LogP contribution in [0.1, 0.15) is 47.9 Å². The van der Waals surface area contributed by atoms with Crippen molar-refractivity contribution in [1.82, 2.24) is 14.9 Å². The summed E-state index contributed by atoms with van der Waals surface area (Å²) in [5.74, 6) is -2.17. The van der Waals surface area contributed by atoms with Crippen LogP contribution in [0, 0.1) is 11.3 Å². The van der Waals surface area contributed by atoms with Crippen LogP contribution in [-0.4, -0.2) is 77.6 Å². The highest BCUT2D eigenvalue weighted by molar-refractivity contribution is 6.20. The molecular formula is C22H27N3O6. The van der Waals surface area contributed by atoms with Crippen molar-refractivity contribution in [3.63, 3.8) is 0 Å². The monoisotopic (exact) mass is 429 g/mol. The Morgan fingerprint density at radius 1 is 1.06 bits per heavy atom. The molecule has 166 valence electrons. The number of amides is 3. The smallest absolute Gasteiger partial charge is 0.410 e. The summed E-state index contributed by atoms with van der Waals surface area (Å²) >= 11 is 0. The Morgan fingerprint density at radius 3 is 2.26 bits per heavy atom. The fraction of sp³-hybridized carbons (Fsp3) is 0.545. The summed E-state index contributed by atoms with van der Waals surface area (Å²) in [5, 5.41) is 0.549. The summed E-state index contributed by atoms with van der Waals surface area (Å²) in [5.41, 5.74) is -1.24. The molecule has 2 fully saturated rings. The molecule has 3 amide bonds. The molecule has 0 spiro atoms. The van der Waals surface area contributed by atoms with E-state index in [1.165, 1.54) is 17.0 Å². The van der Waals surface area contributed by atoms with Gasteiger partial charge in [-0.15, -0.1) is 0 Å². The van der Waals surface area contributed by atoms with Crippen molar-refractivity contribution in [1.29, 1.82) is 0 Å². The van der Waals surface area contributed by atoms with Gasteiger partial charge in [0.2, 0.25) is 0 Å². The number of hydroxylamine groups is 2. The number of nitrogens with zero attached hydrogens (tertiary/aromatic N) is 3. The van der Waals surface area contributed by atoms with Crippen molar-refractivity contribution < 1.29 is 28.8 Å². The zero-order chi connectivity index (χ0) is 22.6. The van der Waals surface area contributed by atoms with E-state index in [2.05, 4.69) is 4.90 Å². The van der Waals surface area contributed by atoms with Gasteiger partial charge in [-0.1, -0.05) is 17.2 Å². The number of hydrogen-bond acceptors (Lipinski definition) is 7. The summed E-state index contributed by atoms with van der Waals surface area (Å²) in [6.45, 7) is 7.06. The highest BCUT2D eigenvalue weighted by atomic mass is 16.7. The van der Waals surface area contributed by atoms with E-state index in [1.54, 1.807) is 32.9 Å². The maximum atomic E-state index is 13.4. The molecule has 0 bridgehead atoms. The van der Waals surface area contributed by atoms with E-state index in [-0.39, 0.29) is 23.6 Å². The van der Waals surface area contributed by atoms with Crippen molar-refractivity contribution in [3.8, 4) is 0 Å². The lowest BCUT2D eigenvalue weighted by molar-refractivity contribution is -0.185. The molecule has 3 heterocycles. The van der Waals surface area contributed by atoms with Crippen LogP contribution in [0.25, 0.3) is 0 Å². The third-order valence-corrected chi connectivity index (χ3v) is 6.16. The number of benzene rings is 1. The van der Waals surface area contributed by atoms with Crippen molar-refractivity contribution in [3.05, 3.63) is 35.4 Å². The quantitative estimate of drug-likeness (QED) is 0.663. The van der Waals surface area contributed by atoms with Crippen molar-refractivity contribution in [2.24, 2.45) is 11.3 Å². The first-order valence-corrected chi connectivity index (χ1v) is 10.4. The molecular weight excluding hydrogens is 402 g/mol. The first-order chi connectivity index (χ1) is 14.5. The molecule has 1 aromatic rings. The first kappa shape index (κ1) is 21.3. The molecule has 0 saturated carbocycles. The lowest BCUT2D eigenvalue weighted by Gasteiger charge is -2.40. The van der Waals surface area contributed by atoms with Crippen LogP contribution in [0.2, 0.25) is 0 Å². The van der Waals surface area contributed by atoms with E-state index >= 15 is 0 Å². The van der Waals surface area contributed by atoms with Crippen molar-refractivity contribution in [2.45, 2.75) is 32.8 Å². The van der Waals surface area contributed by atoms with E-state index < -0.39 is 34.9 Å². The van der Waals surface area contributed by atoms with Crippen molar-refractivity contribution in [2.75, 3.05) is 33.2 Å². The number of hydrogen-bond donors (Lipinski definition) is 0. The van der Waals surface area contributed by atoms with E-state index in [0.29, 0.717) is 31.1 Å². The predicted octanol–water partition coefficient (Wildman–Crippen LogP) is 1.93. The summed E-state index contributed by atoms with van der Waals surface area (Å²) in [6.07, 6.45) is -0.0346. The fourth-order valence-corrected chi connectivity index (χ4v) is 4.57. The second-order valence-electron chi connectivity index (χ2n) is 9.56. The Labute approximate surface area is 180 Å². The summed E-state index contributed by atoms with van der Waals surface area (Å²) in [6, 6.07) is 6.35. The van der Waals surface area contributed by atoms with Gasteiger partial charge in [-0.05, 0) is 52.9 Å². The Balaban J connectivity index is 1.56. The lowest BCUT2D eigenvalue weighted by Crippen LogP contribution is -2.52. The molecule has 3 aliphatic heterocycles. The number of likely N-dealkylation sites (tertiary alicyclic amines) is 2. The van der Waals surface area contributed by atoms with Gasteiger partial charge >= 0.3 is 12.1 Å². The molecule has 0 unspecified atom stereocenters. The average molecular weight is 429 g/mol. The molecule has 2 atom stereocenters. The number of carbonyl (C=O) groups is 4. The summed E-state index contributed by atoms with van der Waals surface area (Å²) < 4.78 is 5.49. The normalized spacial score (nSPS) is 26.0. The molecule has 0 aliphatic carbocycles. The molecule has 0 radical (unpaired) electrons. The second-order valence-corrected chi connectivity index (χ2v) is 9.56. The molecule has 2 saturated heterocycles. The lowest BCUT2D eigenvalue weighted by atomic mass is 9.72. The van der Waals surface area contributed by atoms with Gasteiger partial charge in [0.15, 0.2) is 0 Å². The zero-order valence-corrected chi connectivity index (χ0v) is 18.2. The van der Waals surface area contributed by atoms with Gasteiger partial charge in [-0.2, -0.15) is 0 Å². The van der Waals surface area contributed by atoms with Gasteiger partial charge in [-0.25, -0.2) is 9.59 Å². The van der Waals surface area contributed by atoms with Gasteiger partial charge in [-0.3, -0.25) is 9.59 Å². The predicted molar refractivity (Wildman–Crippen MR) is 109 cm³/mol. The van der Waals surface area contributed by atoms with Crippen LogP contribution in [0.3, 0.4) is 0 Å². The number of rotatable bonds is 2. The SMILES string of the molecule is CN1CC[C@]2(C(=O)ON3C(=O)c4ccccc4C3=O)CN(C(=O)OC(C)(C)C)C[C@@H]2C1. The van der Waals surface area contributed by atoms with Crippen molar-refractivity contribution >= 4 is 23.9 Å². The minimum absolute atomic E-state index is 0.127. The van der Waals surface area contributed by atoms with Crippen LogP contribution in [0.5, 0.6) is 0 Å². The highest BCUT2D eigenvalue weighted by Crippen LogP contribution is 2.44. The summed E-state index contributed by atoms with van der Waals surface area (Å²) in [7, 11) is 1.95. The van der Waals surface area contributed by atoms with Crippen LogP contribution in [0.15, 0.2) is 24.3 Å². The molecule has 0 aromatic heterocycles. The Hall–Kier alpha value is -2.94. The molecule has 3 aliphatic rings. The molecule has 4 rings (SSSR count). The van der Waals surface area contributed by atoms with E-state index in [4.69, 9.17) is 9.57 Å². The minimum atomic E-state index is -1.00. The molecule has 9 nitrogen and oxygen atoms in total. The Bertz CT molecular complexity index is 920. The molecule has 1 aromatic carbocycles. The molecule has 31 heavy (non-hydrogen) atoms. The number of piperidine rings is 1. The van der Waals surface area contributed by atoms with Crippen LogP contribution in [0.4, 0.5) is 4.79 Å². The molecule has 9 heteroatoms. The second kappa shape index (κ2) is 7.33. The van der Waals surface area contributed by atoms with E-state index in [0.717, 1.165) is 0 Å². The average Bonchev–Trinajstić information content (AvgIpc) is 3.19. The Morgan fingerprint density at radius 2 is 1.68 bits per heavy atom. The van der Waals surface area contributed by atoms with Gasteiger partial charge < -0.3 is 19.4 Å². The van der Waals surface area contributed by atoms with Gasteiger partial charge in [0, 0.05) is 25.6 Å². The topological polar surface area (TPSA) is 96.5 Å². The minimum Gasteiger partial charge on any atom is -0.444 e. The van der Waals surface area contributed by atoms with Crippen LogP contribution >= 0.6 is 0 Å². The van der Waals surface area contributed by atoms with Crippen LogP contribution < -0.4 is 0 Å². The number of imide groups is 1. The molecule has 0 N–H and O–H groups in total. The maximum Gasteiger partial charge on any atom is 0.410 e. The maximum absolute atomic E-state index is 13.4. The van der Waals surface area contributed by atoms with Crippen LogP contribution in [-0.2, 0) is 14.4 Å². The first-order valence-electron chi connectivity index (χ1n) is 10.4. The standard InChI is InChI=1S/C22H27N3O6/c1-21(2,3)30-20(29)24-12-14-11-23(4)10-9-22(14,13-24)19(28)31-25-17(26)15-7-5-6-8-16(15)18(25)27/h5-8,14H,9-13H2,1-4H3/t14-,22-/m0/s1. The number of carbonyl (C=O) groups excluding carboxylic acids is 4. The third kappa shape index (κ3) is 3.67. The third-order valence-electron chi connectivity index (χ3n) is 6.16.